The summed E-state index contributed by atoms with van der Waals surface area (Å²) in [6, 6.07) is 4.87. The molecule has 0 saturated heterocycles. The van der Waals surface area contributed by atoms with Gasteiger partial charge in [-0.2, -0.15) is 0 Å². The van der Waals surface area contributed by atoms with Crippen molar-refractivity contribution in [2.45, 2.75) is 45.8 Å². The number of nitrogens with one attached hydrogen (secondary N) is 1. The molecule has 0 bridgehead atoms. The molecular weight excluding hydrogens is 257 g/mol. The van der Waals surface area contributed by atoms with Crippen LogP contribution in [0.2, 0.25) is 0 Å². The number of ether oxygens (including phenoxy) is 1. The standard InChI is InChI=1S/C16H26FNO2/c1-5-12(6-2)15(19)10-18-11(3)13-7-8-14(17)16(9-13)20-4/h7-9,11-12,15,18-19H,5-6,10H2,1-4H3. The molecule has 1 rings (SSSR count). The third-order valence-corrected chi connectivity index (χ3v) is 3.90. The number of halogens is 1. The van der Waals surface area contributed by atoms with E-state index in [0.29, 0.717) is 12.5 Å². The summed E-state index contributed by atoms with van der Waals surface area (Å²) in [4.78, 5) is 0. The molecule has 0 heterocycles. The van der Waals surface area contributed by atoms with Crippen molar-refractivity contribution in [3.63, 3.8) is 0 Å². The van der Waals surface area contributed by atoms with Gasteiger partial charge in [0.2, 0.25) is 0 Å². The van der Waals surface area contributed by atoms with E-state index in [2.05, 4.69) is 19.2 Å². The molecule has 0 amide bonds. The van der Waals surface area contributed by atoms with Crippen LogP contribution >= 0.6 is 0 Å². The second-order valence-corrected chi connectivity index (χ2v) is 5.17. The van der Waals surface area contributed by atoms with Gasteiger partial charge >= 0.3 is 0 Å². The number of benzene rings is 1. The topological polar surface area (TPSA) is 41.5 Å². The minimum Gasteiger partial charge on any atom is -0.494 e. The second-order valence-electron chi connectivity index (χ2n) is 5.17. The van der Waals surface area contributed by atoms with Gasteiger partial charge in [-0.1, -0.05) is 32.8 Å². The average molecular weight is 283 g/mol. The summed E-state index contributed by atoms with van der Waals surface area (Å²) in [6.45, 7) is 6.71. The quantitative estimate of drug-likeness (QED) is 0.769. The molecule has 0 aromatic heterocycles. The fraction of sp³-hybridized carbons (Fsp3) is 0.625. The Labute approximate surface area is 121 Å². The molecular formula is C16H26FNO2. The fourth-order valence-corrected chi connectivity index (χ4v) is 2.36. The predicted octanol–water partition coefficient (Wildman–Crippen LogP) is 3.28. The summed E-state index contributed by atoms with van der Waals surface area (Å²) in [5.41, 5.74) is 0.944. The number of rotatable bonds is 8. The van der Waals surface area contributed by atoms with E-state index >= 15 is 0 Å². The molecule has 0 fully saturated rings. The molecule has 0 aliphatic carbocycles. The van der Waals surface area contributed by atoms with Crippen LogP contribution in [-0.2, 0) is 0 Å². The molecule has 0 aliphatic rings. The lowest BCUT2D eigenvalue weighted by Crippen LogP contribution is -2.33. The fourth-order valence-electron chi connectivity index (χ4n) is 2.36. The van der Waals surface area contributed by atoms with Gasteiger partial charge in [-0.3, -0.25) is 0 Å². The van der Waals surface area contributed by atoms with Crippen molar-refractivity contribution in [1.29, 1.82) is 0 Å². The zero-order valence-corrected chi connectivity index (χ0v) is 12.8. The first-order chi connectivity index (χ1) is 9.53. The van der Waals surface area contributed by atoms with Crippen LogP contribution in [0.3, 0.4) is 0 Å². The Bertz CT molecular complexity index is 407. The van der Waals surface area contributed by atoms with E-state index in [0.717, 1.165) is 18.4 Å². The third-order valence-electron chi connectivity index (χ3n) is 3.90. The lowest BCUT2D eigenvalue weighted by Gasteiger charge is -2.23. The monoisotopic (exact) mass is 283 g/mol. The summed E-state index contributed by atoms with van der Waals surface area (Å²) >= 11 is 0. The number of hydrogen-bond donors (Lipinski definition) is 2. The lowest BCUT2D eigenvalue weighted by atomic mass is 9.96. The van der Waals surface area contributed by atoms with Gasteiger partial charge in [0.15, 0.2) is 11.6 Å². The normalized spacial score (nSPS) is 14.3. The maximum absolute atomic E-state index is 13.4. The van der Waals surface area contributed by atoms with Crippen LogP contribution < -0.4 is 10.1 Å². The molecule has 0 saturated carbocycles. The van der Waals surface area contributed by atoms with Gasteiger partial charge in [0.25, 0.3) is 0 Å². The summed E-state index contributed by atoms with van der Waals surface area (Å²) in [5, 5.41) is 13.4. The summed E-state index contributed by atoms with van der Waals surface area (Å²) in [7, 11) is 1.46. The number of hydrogen-bond acceptors (Lipinski definition) is 3. The highest BCUT2D eigenvalue weighted by Crippen LogP contribution is 2.22. The van der Waals surface area contributed by atoms with Crippen LogP contribution in [0.25, 0.3) is 0 Å². The van der Waals surface area contributed by atoms with E-state index in [1.54, 1.807) is 12.1 Å². The molecule has 1 aromatic rings. The van der Waals surface area contributed by atoms with Gasteiger partial charge in [0, 0.05) is 12.6 Å². The van der Waals surface area contributed by atoms with Crippen LogP contribution in [0, 0.1) is 11.7 Å². The van der Waals surface area contributed by atoms with Gasteiger partial charge in [-0.25, -0.2) is 4.39 Å². The van der Waals surface area contributed by atoms with Crippen molar-refractivity contribution in [1.82, 2.24) is 5.32 Å². The summed E-state index contributed by atoms with van der Waals surface area (Å²) in [6.07, 6.45) is 1.59. The second kappa shape index (κ2) is 8.22. The molecule has 114 valence electrons. The van der Waals surface area contributed by atoms with Gasteiger partial charge < -0.3 is 15.2 Å². The number of aliphatic hydroxyl groups excluding tert-OH is 1. The van der Waals surface area contributed by atoms with Crippen molar-refractivity contribution in [2.24, 2.45) is 5.92 Å². The first-order valence-corrected chi connectivity index (χ1v) is 7.28. The van der Waals surface area contributed by atoms with Crippen molar-refractivity contribution in [2.75, 3.05) is 13.7 Å². The lowest BCUT2D eigenvalue weighted by molar-refractivity contribution is 0.0989. The maximum atomic E-state index is 13.4. The first kappa shape index (κ1) is 16.9. The highest BCUT2D eigenvalue weighted by molar-refractivity contribution is 5.31. The van der Waals surface area contributed by atoms with E-state index in [1.807, 2.05) is 6.92 Å². The first-order valence-electron chi connectivity index (χ1n) is 7.28. The van der Waals surface area contributed by atoms with Crippen molar-refractivity contribution in [3.8, 4) is 5.75 Å². The van der Waals surface area contributed by atoms with E-state index < -0.39 is 0 Å². The zero-order valence-electron chi connectivity index (χ0n) is 12.8. The minimum absolute atomic E-state index is 0.0357. The van der Waals surface area contributed by atoms with Crippen LogP contribution in [0.5, 0.6) is 5.75 Å². The van der Waals surface area contributed by atoms with E-state index in [4.69, 9.17) is 4.74 Å². The van der Waals surface area contributed by atoms with Gasteiger partial charge in [-0.05, 0) is 30.5 Å². The molecule has 4 heteroatoms. The molecule has 2 N–H and O–H groups in total. The van der Waals surface area contributed by atoms with Gasteiger partial charge in [-0.15, -0.1) is 0 Å². The zero-order chi connectivity index (χ0) is 15.1. The molecule has 2 unspecified atom stereocenters. The number of aliphatic hydroxyl groups is 1. The summed E-state index contributed by atoms with van der Waals surface area (Å²) < 4.78 is 18.3. The molecule has 0 spiro atoms. The van der Waals surface area contributed by atoms with Crippen LogP contribution in [0.1, 0.15) is 45.2 Å². The van der Waals surface area contributed by atoms with Crippen molar-refractivity contribution < 1.29 is 14.2 Å². The maximum Gasteiger partial charge on any atom is 0.165 e. The third kappa shape index (κ3) is 4.46. The van der Waals surface area contributed by atoms with Gasteiger partial charge in [0.05, 0.1) is 13.2 Å². The Hall–Kier alpha value is -1.13. The number of methoxy groups -OCH3 is 1. The Morgan fingerprint density at radius 2 is 1.95 bits per heavy atom. The Morgan fingerprint density at radius 3 is 2.50 bits per heavy atom. The Balaban J connectivity index is 2.60. The van der Waals surface area contributed by atoms with E-state index in [-0.39, 0.29) is 23.7 Å². The highest BCUT2D eigenvalue weighted by Gasteiger charge is 2.17. The molecule has 3 nitrogen and oxygen atoms in total. The molecule has 1 aromatic carbocycles. The van der Waals surface area contributed by atoms with Crippen LogP contribution in [-0.4, -0.2) is 24.9 Å². The Morgan fingerprint density at radius 1 is 1.30 bits per heavy atom. The average Bonchev–Trinajstić information content (AvgIpc) is 2.46. The smallest absolute Gasteiger partial charge is 0.165 e. The van der Waals surface area contributed by atoms with Crippen molar-refractivity contribution >= 4 is 0 Å². The van der Waals surface area contributed by atoms with Crippen LogP contribution in [0.15, 0.2) is 18.2 Å². The predicted molar refractivity (Wildman–Crippen MR) is 79.4 cm³/mol. The van der Waals surface area contributed by atoms with Gasteiger partial charge in [0.1, 0.15) is 0 Å². The van der Waals surface area contributed by atoms with Crippen LogP contribution in [0.4, 0.5) is 4.39 Å². The molecule has 0 aliphatic heterocycles. The van der Waals surface area contributed by atoms with E-state index in [1.165, 1.54) is 13.2 Å². The molecule has 20 heavy (non-hydrogen) atoms. The van der Waals surface area contributed by atoms with E-state index in [9.17, 15) is 9.50 Å². The highest BCUT2D eigenvalue weighted by atomic mass is 19.1. The minimum atomic E-state index is -0.361. The Kier molecular flexibility index (Phi) is 6.96. The SMILES string of the molecule is CCC(CC)C(O)CNC(C)c1ccc(F)c(OC)c1. The van der Waals surface area contributed by atoms with Crippen molar-refractivity contribution in [3.05, 3.63) is 29.6 Å². The molecule has 2 atom stereocenters. The summed E-state index contributed by atoms with van der Waals surface area (Å²) in [5.74, 6) is 0.203. The molecule has 0 radical (unpaired) electrons. The largest absolute Gasteiger partial charge is 0.494 e.